The van der Waals surface area contributed by atoms with Crippen molar-refractivity contribution in [3.05, 3.63) is 12.4 Å². The number of ether oxygens (including phenoxy) is 1. The number of primary amides is 1. The second-order valence-corrected chi connectivity index (χ2v) is 7.12. The van der Waals surface area contributed by atoms with E-state index in [1.807, 2.05) is 4.90 Å². The van der Waals surface area contributed by atoms with Crippen LogP contribution in [0.3, 0.4) is 0 Å². The molecule has 0 unspecified atom stereocenters. The number of rotatable bonds is 4. The van der Waals surface area contributed by atoms with Gasteiger partial charge >= 0.3 is 12.3 Å². The number of hydrogen-bond acceptors (Lipinski definition) is 6. The zero-order valence-electron chi connectivity index (χ0n) is 14.9. The molecule has 1 saturated heterocycles. The summed E-state index contributed by atoms with van der Waals surface area (Å²) in [6.45, 7) is 0.658. The first-order valence-electron chi connectivity index (χ1n) is 9.17. The van der Waals surface area contributed by atoms with Gasteiger partial charge in [0.05, 0.1) is 18.3 Å². The van der Waals surface area contributed by atoms with Crippen LogP contribution >= 0.6 is 0 Å². The molecule has 0 radical (unpaired) electrons. The second-order valence-electron chi connectivity index (χ2n) is 7.12. The van der Waals surface area contributed by atoms with E-state index in [2.05, 4.69) is 15.3 Å². The van der Waals surface area contributed by atoms with Crippen molar-refractivity contribution in [3.63, 3.8) is 0 Å². The van der Waals surface area contributed by atoms with Gasteiger partial charge < -0.3 is 20.7 Å². The lowest BCUT2D eigenvalue weighted by molar-refractivity contribution is -0.179. The highest BCUT2D eigenvalue weighted by molar-refractivity contribution is 5.64. The lowest BCUT2D eigenvalue weighted by Crippen LogP contribution is -2.39. The topological polar surface area (TPSA) is 93.4 Å². The normalized spacial score (nSPS) is 24.5. The summed E-state index contributed by atoms with van der Waals surface area (Å²) in [5.74, 6) is -0.000686. The predicted molar refractivity (Wildman–Crippen MR) is 93.4 cm³/mol. The van der Waals surface area contributed by atoms with Crippen molar-refractivity contribution in [3.8, 4) is 0 Å². The summed E-state index contributed by atoms with van der Waals surface area (Å²) >= 11 is 0. The quantitative estimate of drug-likeness (QED) is 0.825. The summed E-state index contributed by atoms with van der Waals surface area (Å²) in [4.78, 5) is 21.3. The lowest BCUT2D eigenvalue weighted by atomic mass is 9.93. The number of hydrogen-bond donors (Lipinski definition) is 2. The highest BCUT2D eigenvalue weighted by Gasteiger charge is 2.41. The monoisotopic (exact) mass is 387 g/mol. The Kier molecular flexibility index (Phi) is 5.91. The van der Waals surface area contributed by atoms with E-state index in [0.717, 1.165) is 25.7 Å². The molecular formula is C17H24F3N5O2. The number of amides is 1. The van der Waals surface area contributed by atoms with Gasteiger partial charge in [-0.2, -0.15) is 13.2 Å². The molecule has 0 bridgehead atoms. The standard InChI is InChI=1S/C17H24F3N5O2/c18-17(19,20)11-5-7-25(8-6-11)15-10-22-14(9-23-15)24-12-1-3-13(4-2-12)27-16(21)26/h9-13H,1-8H2,(H2,21,26)(H,22,24). The molecule has 7 nitrogen and oxygen atoms in total. The van der Waals surface area contributed by atoms with E-state index in [1.165, 1.54) is 0 Å². The van der Waals surface area contributed by atoms with Crippen LogP contribution in [-0.4, -0.2) is 47.5 Å². The smallest absolute Gasteiger partial charge is 0.404 e. The van der Waals surface area contributed by atoms with Crippen molar-refractivity contribution >= 4 is 17.7 Å². The minimum absolute atomic E-state index is 0.0851. The molecule has 2 heterocycles. The maximum Gasteiger partial charge on any atom is 0.404 e. The molecule has 27 heavy (non-hydrogen) atoms. The molecule has 3 rings (SSSR count). The average Bonchev–Trinajstić information content (AvgIpc) is 2.63. The Hall–Kier alpha value is -2.26. The minimum atomic E-state index is -4.12. The number of nitrogens with one attached hydrogen (secondary N) is 1. The van der Waals surface area contributed by atoms with Crippen LogP contribution in [0.2, 0.25) is 0 Å². The molecule has 150 valence electrons. The summed E-state index contributed by atoms with van der Waals surface area (Å²) in [7, 11) is 0. The highest BCUT2D eigenvalue weighted by atomic mass is 19.4. The Labute approximate surface area is 155 Å². The largest absolute Gasteiger partial charge is 0.446 e. The number of alkyl halides is 3. The molecule has 2 aliphatic rings. The molecule has 2 fully saturated rings. The van der Waals surface area contributed by atoms with Crippen LogP contribution < -0.4 is 16.0 Å². The van der Waals surface area contributed by atoms with Crippen LogP contribution in [0.4, 0.5) is 29.6 Å². The first-order chi connectivity index (χ1) is 12.8. The number of nitrogens with two attached hydrogens (primary N) is 1. The number of carbonyl (C=O) groups is 1. The summed E-state index contributed by atoms with van der Waals surface area (Å²) in [6.07, 6.45) is 1.51. The van der Waals surface area contributed by atoms with E-state index in [0.29, 0.717) is 24.7 Å². The van der Waals surface area contributed by atoms with Crippen LogP contribution in [-0.2, 0) is 4.74 Å². The number of carbonyl (C=O) groups excluding carboxylic acids is 1. The van der Waals surface area contributed by atoms with Crippen molar-refractivity contribution in [1.29, 1.82) is 0 Å². The van der Waals surface area contributed by atoms with Gasteiger partial charge in [0.15, 0.2) is 0 Å². The molecule has 1 saturated carbocycles. The second kappa shape index (κ2) is 8.18. The van der Waals surface area contributed by atoms with Crippen LogP contribution in [0.5, 0.6) is 0 Å². The Morgan fingerprint density at radius 3 is 2.30 bits per heavy atom. The van der Waals surface area contributed by atoms with Crippen molar-refractivity contribution in [2.24, 2.45) is 11.7 Å². The summed E-state index contributed by atoms with van der Waals surface area (Å²) in [5.41, 5.74) is 5.03. The molecule has 0 spiro atoms. The van der Waals surface area contributed by atoms with Gasteiger partial charge in [-0.1, -0.05) is 0 Å². The molecule has 1 aliphatic heterocycles. The lowest BCUT2D eigenvalue weighted by Gasteiger charge is -2.33. The Morgan fingerprint density at radius 2 is 1.78 bits per heavy atom. The Bertz CT molecular complexity index is 624. The number of nitrogens with zero attached hydrogens (tertiary/aromatic N) is 3. The first-order valence-corrected chi connectivity index (χ1v) is 9.17. The highest BCUT2D eigenvalue weighted by Crippen LogP contribution is 2.35. The zero-order chi connectivity index (χ0) is 19.4. The predicted octanol–water partition coefficient (Wildman–Crippen LogP) is 3.07. The van der Waals surface area contributed by atoms with Gasteiger partial charge in [0.25, 0.3) is 0 Å². The number of halogens is 3. The van der Waals surface area contributed by atoms with E-state index < -0.39 is 18.2 Å². The molecule has 0 atom stereocenters. The molecule has 1 aromatic heterocycles. The van der Waals surface area contributed by atoms with Gasteiger partial charge in [0.1, 0.15) is 17.7 Å². The SMILES string of the molecule is NC(=O)OC1CCC(Nc2cnc(N3CCC(C(F)(F)F)CC3)cn2)CC1. The van der Waals surface area contributed by atoms with Crippen molar-refractivity contribution in [2.75, 3.05) is 23.3 Å². The number of piperidine rings is 1. The van der Waals surface area contributed by atoms with Crippen molar-refractivity contribution in [1.82, 2.24) is 9.97 Å². The van der Waals surface area contributed by atoms with Gasteiger partial charge in [-0.3, -0.25) is 0 Å². The minimum Gasteiger partial charge on any atom is -0.446 e. The maximum absolute atomic E-state index is 12.7. The molecule has 1 amide bonds. The molecule has 0 aromatic carbocycles. The molecule has 1 aromatic rings. The maximum atomic E-state index is 12.7. The van der Waals surface area contributed by atoms with Gasteiger partial charge in [-0.15, -0.1) is 0 Å². The van der Waals surface area contributed by atoms with E-state index in [-0.39, 0.29) is 25.0 Å². The summed E-state index contributed by atoms with van der Waals surface area (Å²) in [5, 5.41) is 3.30. The molecule has 3 N–H and O–H groups in total. The van der Waals surface area contributed by atoms with Crippen LogP contribution in [0, 0.1) is 5.92 Å². The fourth-order valence-electron chi connectivity index (χ4n) is 3.69. The number of anilines is 2. The Morgan fingerprint density at radius 1 is 1.11 bits per heavy atom. The summed E-state index contributed by atoms with van der Waals surface area (Å²) < 4.78 is 43.2. The number of aromatic nitrogens is 2. The third kappa shape index (κ3) is 5.36. The van der Waals surface area contributed by atoms with E-state index >= 15 is 0 Å². The Balaban J connectivity index is 1.46. The molecular weight excluding hydrogens is 363 g/mol. The first kappa shape index (κ1) is 19.5. The van der Waals surface area contributed by atoms with Crippen molar-refractivity contribution in [2.45, 2.75) is 56.8 Å². The third-order valence-corrected chi connectivity index (χ3v) is 5.23. The van der Waals surface area contributed by atoms with Crippen LogP contribution in [0.15, 0.2) is 12.4 Å². The van der Waals surface area contributed by atoms with Gasteiger partial charge in [-0.05, 0) is 38.5 Å². The molecule has 1 aliphatic carbocycles. The third-order valence-electron chi connectivity index (χ3n) is 5.23. The zero-order valence-corrected chi connectivity index (χ0v) is 14.9. The fraction of sp³-hybridized carbons (Fsp3) is 0.706. The summed E-state index contributed by atoms with van der Waals surface area (Å²) in [6, 6.07) is 0.209. The van der Waals surface area contributed by atoms with Crippen molar-refractivity contribution < 1.29 is 22.7 Å². The van der Waals surface area contributed by atoms with E-state index in [9.17, 15) is 18.0 Å². The van der Waals surface area contributed by atoms with Crippen LogP contribution in [0.1, 0.15) is 38.5 Å². The molecule has 10 heteroatoms. The van der Waals surface area contributed by atoms with E-state index in [4.69, 9.17) is 10.5 Å². The van der Waals surface area contributed by atoms with Gasteiger partial charge in [-0.25, -0.2) is 14.8 Å². The van der Waals surface area contributed by atoms with Gasteiger partial charge in [0.2, 0.25) is 0 Å². The fourth-order valence-corrected chi connectivity index (χ4v) is 3.69. The van der Waals surface area contributed by atoms with E-state index in [1.54, 1.807) is 12.4 Å². The average molecular weight is 387 g/mol. The van der Waals surface area contributed by atoms with Crippen LogP contribution in [0.25, 0.3) is 0 Å². The van der Waals surface area contributed by atoms with Gasteiger partial charge in [0, 0.05) is 19.1 Å².